The lowest BCUT2D eigenvalue weighted by molar-refractivity contribution is -0.332. The van der Waals surface area contributed by atoms with Crippen molar-refractivity contribution in [2.24, 2.45) is 0 Å². The van der Waals surface area contributed by atoms with E-state index in [4.69, 9.17) is 28.4 Å². The lowest BCUT2D eigenvalue weighted by atomic mass is 9.98. The predicted octanol–water partition coefficient (Wildman–Crippen LogP) is 4.51. The average molecular weight is 819 g/mol. The monoisotopic (exact) mass is 819 g/mol. The standard InChI is InChI=1S/C43H78O14/c1-3-5-7-9-10-11-12-13-14-15-16-17-18-19-20-21-22-23-25-27-52-29-32(55-35(45)26-24-8-6-4-2)30-53-42-41(51)39(49)37(47)34(57-42)31-54-43-40(50)38(48)36(46)33(28-44)56-43/h11-12,14-15,32-34,36-44,46-51H,3-10,13,16-31H2,1-2H3/b12-11-,15-14-. The maximum Gasteiger partial charge on any atom is 0.306 e. The van der Waals surface area contributed by atoms with Gasteiger partial charge in [-0.3, -0.25) is 4.79 Å². The van der Waals surface area contributed by atoms with Gasteiger partial charge < -0.3 is 64.2 Å². The van der Waals surface area contributed by atoms with Crippen molar-refractivity contribution in [3.63, 3.8) is 0 Å². The number of carbonyl (C=O) groups excluding carboxylic acids is 1. The van der Waals surface area contributed by atoms with E-state index in [0.717, 1.165) is 51.4 Å². The zero-order valence-corrected chi connectivity index (χ0v) is 34.8. The van der Waals surface area contributed by atoms with Crippen LogP contribution < -0.4 is 0 Å². The molecule has 0 aromatic carbocycles. The Kier molecular flexibility index (Phi) is 29.2. The van der Waals surface area contributed by atoms with Crippen molar-refractivity contribution in [3.8, 4) is 0 Å². The van der Waals surface area contributed by atoms with Gasteiger partial charge in [0.05, 0.1) is 26.4 Å². The van der Waals surface area contributed by atoms with Gasteiger partial charge in [0.25, 0.3) is 0 Å². The van der Waals surface area contributed by atoms with Crippen molar-refractivity contribution in [3.05, 3.63) is 24.3 Å². The third-order valence-electron chi connectivity index (χ3n) is 10.5. The van der Waals surface area contributed by atoms with Crippen LogP contribution in [0.2, 0.25) is 0 Å². The van der Waals surface area contributed by atoms with Crippen LogP contribution in [0.4, 0.5) is 0 Å². The van der Waals surface area contributed by atoms with Gasteiger partial charge in [-0.1, -0.05) is 115 Å². The van der Waals surface area contributed by atoms with Crippen molar-refractivity contribution >= 4 is 5.97 Å². The van der Waals surface area contributed by atoms with Crippen LogP contribution in [0, 0.1) is 0 Å². The molecular formula is C43H78O14. The highest BCUT2D eigenvalue weighted by molar-refractivity contribution is 5.69. The number of unbranched alkanes of at least 4 members (excludes halogenated alkanes) is 15. The van der Waals surface area contributed by atoms with Crippen LogP contribution in [0.5, 0.6) is 0 Å². The van der Waals surface area contributed by atoms with E-state index in [1.807, 2.05) is 0 Å². The molecule has 0 spiro atoms. The highest BCUT2D eigenvalue weighted by atomic mass is 16.7. The molecular weight excluding hydrogens is 740 g/mol. The highest BCUT2D eigenvalue weighted by Crippen LogP contribution is 2.26. The third-order valence-corrected chi connectivity index (χ3v) is 10.5. The zero-order valence-electron chi connectivity index (χ0n) is 34.8. The van der Waals surface area contributed by atoms with E-state index >= 15 is 0 Å². The molecule has 0 radical (unpaired) electrons. The quantitative estimate of drug-likeness (QED) is 0.0276. The first-order valence-electron chi connectivity index (χ1n) is 21.9. The van der Waals surface area contributed by atoms with E-state index in [9.17, 15) is 40.5 Å². The Morgan fingerprint density at radius 1 is 0.579 bits per heavy atom. The number of ether oxygens (including phenoxy) is 6. The Morgan fingerprint density at radius 3 is 1.68 bits per heavy atom. The third kappa shape index (κ3) is 21.5. The molecule has 0 bridgehead atoms. The number of hydrogen-bond donors (Lipinski definition) is 7. The molecule has 11 atom stereocenters. The number of esters is 1. The summed E-state index contributed by atoms with van der Waals surface area (Å²) in [4.78, 5) is 12.7. The lowest BCUT2D eigenvalue weighted by Crippen LogP contribution is -2.61. The van der Waals surface area contributed by atoms with Crippen LogP contribution in [-0.4, -0.2) is 142 Å². The van der Waals surface area contributed by atoms with Gasteiger partial charge in [-0.25, -0.2) is 0 Å². The summed E-state index contributed by atoms with van der Waals surface area (Å²) in [5, 5.41) is 71.5. The Hall–Kier alpha value is -1.53. The minimum Gasteiger partial charge on any atom is -0.457 e. The van der Waals surface area contributed by atoms with Gasteiger partial charge in [0.15, 0.2) is 12.6 Å². The molecule has 334 valence electrons. The SMILES string of the molecule is CCCCCC/C=C\C/C=C\CCCCCCCCCCOCC(COC1OC(COC2OC(CO)C(O)C(O)C2O)C(O)C(O)C1O)OC(=O)CCCCCC. The maximum absolute atomic E-state index is 12.7. The number of aliphatic hydroxyl groups excluding tert-OH is 7. The van der Waals surface area contributed by atoms with Gasteiger partial charge in [-0.15, -0.1) is 0 Å². The van der Waals surface area contributed by atoms with Crippen LogP contribution >= 0.6 is 0 Å². The number of rotatable bonds is 33. The zero-order chi connectivity index (χ0) is 41.7. The molecule has 2 aliphatic rings. The van der Waals surface area contributed by atoms with Crippen molar-refractivity contribution in [2.45, 2.75) is 210 Å². The molecule has 2 rings (SSSR count). The van der Waals surface area contributed by atoms with Crippen LogP contribution in [0.15, 0.2) is 24.3 Å². The fourth-order valence-corrected chi connectivity index (χ4v) is 6.78. The first-order valence-corrected chi connectivity index (χ1v) is 21.9. The highest BCUT2D eigenvalue weighted by Gasteiger charge is 2.47. The Balaban J connectivity index is 1.71. The van der Waals surface area contributed by atoms with Crippen molar-refractivity contribution in [1.82, 2.24) is 0 Å². The summed E-state index contributed by atoms with van der Waals surface area (Å²) in [7, 11) is 0. The van der Waals surface area contributed by atoms with Crippen LogP contribution in [0.3, 0.4) is 0 Å². The number of carbonyl (C=O) groups is 1. The minimum absolute atomic E-state index is 0.0577. The second kappa shape index (κ2) is 32.3. The molecule has 57 heavy (non-hydrogen) atoms. The molecule has 11 unspecified atom stereocenters. The molecule has 0 amide bonds. The Bertz CT molecular complexity index is 1040. The lowest BCUT2D eigenvalue weighted by Gasteiger charge is -2.42. The Morgan fingerprint density at radius 2 is 1.09 bits per heavy atom. The Labute approximate surface area is 341 Å². The van der Waals surface area contributed by atoms with Crippen molar-refractivity contribution < 1.29 is 69.0 Å². The summed E-state index contributed by atoms with van der Waals surface area (Å²) < 4.78 is 33.9. The molecule has 0 aliphatic carbocycles. The maximum atomic E-state index is 12.7. The van der Waals surface area contributed by atoms with Crippen LogP contribution in [0.1, 0.15) is 142 Å². The second-order valence-corrected chi connectivity index (χ2v) is 15.5. The number of aliphatic hydroxyl groups is 7. The van der Waals surface area contributed by atoms with Gasteiger partial charge in [0.2, 0.25) is 0 Å². The smallest absolute Gasteiger partial charge is 0.306 e. The van der Waals surface area contributed by atoms with E-state index in [-0.39, 0.29) is 19.6 Å². The molecule has 2 saturated heterocycles. The van der Waals surface area contributed by atoms with Crippen molar-refractivity contribution in [1.29, 1.82) is 0 Å². The molecule has 7 N–H and O–H groups in total. The largest absolute Gasteiger partial charge is 0.457 e. The summed E-state index contributed by atoms with van der Waals surface area (Å²) >= 11 is 0. The summed E-state index contributed by atoms with van der Waals surface area (Å²) in [5.74, 6) is -0.397. The molecule has 0 saturated carbocycles. The molecule has 0 aromatic rings. The topological polar surface area (TPSA) is 214 Å². The summed E-state index contributed by atoms with van der Waals surface area (Å²) in [6.07, 6.45) is 14.7. The molecule has 14 nitrogen and oxygen atoms in total. The van der Waals surface area contributed by atoms with Gasteiger partial charge in [-0.2, -0.15) is 0 Å². The van der Waals surface area contributed by atoms with Crippen LogP contribution in [-0.2, 0) is 33.2 Å². The van der Waals surface area contributed by atoms with E-state index in [1.165, 1.54) is 64.2 Å². The van der Waals surface area contributed by atoms with Gasteiger partial charge in [0, 0.05) is 13.0 Å². The summed E-state index contributed by atoms with van der Waals surface area (Å²) in [5.41, 5.74) is 0. The number of hydrogen-bond acceptors (Lipinski definition) is 14. The first kappa shape index (κ1) is 51.6. The molecule has 2 fully saturated rings. The first-order chi connectivity index (χ1) is 27.6. The van der Waals surface area contributed by atoms with Crippen molar-refractivity contribution in [2.75, 3.05) is 33.0 Å². The molecule has 2 heterocycles. The van der Waals surface area contributed by atoms with Gasteiger partial charge >= 0.3 is 5.97 Å². The second-order valence-electron chi connectivity index (χ2n) is 15.5. The fourth-order valence-electron chi connectivity index (χ4n) is 6.78. The van der Waals surface area contributed by atoms with Crippen LogP contribution in [0.25, 0.3) is 0 Å². The summed E-state index contributed by atoms with van der Waals surface area (Å²) in [6, 6.07) is 0. The van der Waals surface area contributed by atoms with E-state index in [2.05, 4.69) is 38.2 Å². The average Bonchev–Trinajstić information content (AvgIpc) is 3.21. The van der Waals surface area contributed by atoms with E-state index in [1.54, 1.807) is 0 Å². The number of allylic oxidation sites excluding steroid dienone is 4. The predicted molar refractivity (Wildman–Crippen MR) is 215 cm³/mol. The normalized spacial score (nSPS) is 28.7. The molecule has 0 aromatic heterocycles. The van der Waals surface area contributed by atoms with E-state index < -0.39 is 86.7 Å². The van der Waals surface area contributed by atoms with Gasteiger partial charge in [0.1, 0.15) is 54.9 Å². The summed E-state index contributed by atoms with van der Waals surface area (Å²) in [6.45, 7) is 3.51. The fraction of sp³-hybridized carbons (Fsp3) is 0.884. The van der Waals surface area contributed by atoms with E-state index in [0.29, 0.717) is 13.0 Å². The molecule has 2 aliphatic heterocycles. The minimum atomic E-state index is -1.70. The molecule has 14 heteroatoms. The van der Waals surface area contributed by atoms with Gasteiger partial charge in [-0.05, 0) is 44.9 Å².